The van der Waals surface area contributed by atoms with Crippen LogP contribution in [0.5, 0.6) is 11.5 Å². The number of fused-ring (bicyclic) bond motifs is 1. The molecule has 0 aliphatic carbocycles. The summed E-state index contributed by atoms with van der Waals surface area (Å²) in [6.07, 6.45) is 0. The molecule has 2 heterocycles. The van der Waals surface area contributed by atoms with E-state index in [1.807, 2.05) is 5.38 Å². The zero-order valence-electron chi connectivity index (χ0n) is 4.59. The summed E-state index contributed by atoms with van der Waals surface area (Å²) in [6, 6.07) is 0. The van der Waals surface area contributed by atoms with Gasteiger partial charge in [-0.2, -0.15) is 0 Å². The van der Waals surface area contributed by atoms with Crippen LogP contribution in [-0.2, 0) is 0 Å². The van der Waals surface area contributed by atoms with E-state index in [1.165, 1.54) is 11.3 Å². The molecule has 0 amide bonds. The van der Waals surface area contributed by atoms with Gasteiger partial charge in [0.1, 0.15) is 5.00 Å². The molecule has 2 N–H and O–H groups in total. The molecule has 1 aromatic heterocycles. The lowest BCUT2D eigenvalue weighted by atomic mass is 10.5. The number of hydrogen-bond donors (Lipinski definition) is 1. The monoisotopic (exact) mass is 143 g/mol. The van der Waals surface area contributed by atoms with Gasteiger partial charge in [-0.25, -0.2) is 0 Å². The first-order valence-electron chi connectivity index (χ1n) is 2.50. The number of ether oxygens (including phenoxy) is 2. The number of thiophene rings is 1. The van der Waals surface area contributed by atoms with Crippen molar-refractivity contribution in [3.63, 3.8) is 0 Å². The second kappa shape index (κ2) is 1.54. The third kappa shape index (κ3) is 0.564. The van der Waals surface area contributed by atoms with Crippen LogP contribution in [0.1, 0.15) is 0 Å². The molecule has 0 atom stereocenters. The molecule has 0 radical (unpaired) electrons. The standard InChI is InChI=1S/C5H5NO2S/c6-5-4-3(1-9-5)7-2-8-4/h1H,2,6H2. The maximum Gasteiger partial charge on any atom is 0.231 e. The highest BCUT2D eigenvalue weighted by molar-refractivity contribution is 7.14. The minimum atomic E-state index is 0.308. The maximum atomic E-state index is 5.51. The Hall–Kier alpha value is -0.900. The molecule has 2 rings (SSSR count). The number of nitrogens with two attached hydrogens (primary N) is 1. The van der Waals surface area contributed by atoms with Crippen LogP contribution in [0.2, 0.25) is 0 Å². The molecule has 0 aromatic carbocycles. The van der Waals surface area contributed by atoms with Gasteiger partial charge in [0.2, 0.25) is 6.79 Å². The van der Waals surface area contributed by atoms with Crippen molar-refractivity contribution in [3.05, 3.63) is 5.38 Å². The van der Waals surface area contributed by atoms with Crippen molar-refractivity contribution in [1.29, 1.82) is 0 Å². The highest BCUT2D eigenvalue weighted by Crippen LogP contribution is 2.42. The van der Waals surface area contributed by atoms with Gasteiger partial charge in [-0.3, -0.25) is 0 Å². The van der Waals surface area contributed by atoms with Crippen LogP contribution in [0.25, 0.3) is 0 Å². The van der Waals surface area contributed by atoms with Gasteiger partial charge in [-0.15, -0.1) is 11.3 Å². The molecule has 9 heavy (non-hydrogen) atoms. The molecule has 0 saturated carbocycles. The zero-order valence-corrected chi connectivity index (χ0v) is 5.40. The van der Waals surface area contributed by atoms with Crippen molar-refractivity contribution in [2.24, 2.45) is 0 Å². The van der Waals surface area contributed by atoms with E-state index >= 15 is 0 Å². The second-order valence-corrected chi connectivity index (χ2v) is 2.61. The second-order valence-electron chi connectivity index (χ2n) is 1.70. The summed E-state index contributed by atoms with van der Waals surface area (Å²) in [7, 11) is 0. The number of rotatable bonds is 0. The fourth-order valence-corrected chi connectivity index (χ4v) is 1.41. The molecular weight excluding hydrogens is 138 g/mol. The maximum absolute atomic E-state index is 5.51. The van der Waals surface area contributed by atoms with Gasteiger partial charge in [0.05, 0.1) is 0 Å². The van der Waals surface area contributed by atoms with Gasteiger partial charge in [0, 0.05) is 5.38 Å². The van der Waals surface area contributed by atoms with Crippen molar-refractivity contribution >= 4 is 16.3 Å². The zero-order chi connectivity index (χ0) is 6.27. The Bertz CT molecular complexity index is 233. The molecule has 0 fully saturated rings. The van der Waals surface area contributed by atoms with E-state index in [1.54, 1.807) is 0 Å². The lowest BCUT2D eigenvalue weighted by Gasteiger charge is -1.89. The van der Waals surface area contributed by atoms with Gasteiger partial charge in [-0.05, 0) is 0 Å². The fourth-order valence-electron chi connectivity index (χ4n) is 0.739. The Morgan fingerprint density at radius 1 is 1.56 bits per heavy atom. The Morgan fingerprint density at radius 3 is 3.22 bits per heavy atom. The van der Waals surface area contributed by atoms with E-state index in [0.29, 0.717) is 17.5 Å². The first-order valence-corrected chi connectivity index (χ1v) is 3.38. The Labute approximate surface area is 56.0 Å². The van der Waals surface area contributed by atoms with Gasteiger partial charge in [-0.1, -0.05) is 0 Å². The number of nitrogen functional groups attached to an aromatic ring is 1. The average molecular weight is 143 g/mol. The van der Waals surface area contributed by atoms with E-state index in [4.69, 9.17) is 15.2 Å². The molecule has 1 aliphatic heterocycles. The minimum absolute atomic E-state index is 0.308. The van der Waals surface area contributed by atoms with Crippen LogP contribution in [0.15, 0.2) is 5.38 Å². The quantitative estimate of drug-likeness (QED) is 0.590. The Balaban J connectivity index is 2.56. The van der Waals surface area contributed by atoms with Crippen LogP contribution in [0, 0.1) is 0 Å². The third-order valence-corrected chi connectivity index (χ3v) is 1.93. The predicted molar refractivity (Wildman–Crippen MR) is 34.9 cm³/mol. The average Bonchev–Trinajstić information content (AvgIpc) is 2.35. The van der Waals surface area contributed by atoms with Gasteiger partial charge in [0.25, 0.3) is 0 Å². The summed E-state index contributed by atoms with van der Waals surface area (Å²) in [5, 5.41) is 2.54. The summed E-state index contributed by atoms with van der Waals surface area (Å²) in [5.41, 5.74) is 5.51. The highest BCUT2D eigenvalue weighted by Gasteiger charge is 2.17. The third-order valence-electron chi connectivity index (χ3n) is 1.16. The summed E-state index contributed by atoms with van der Waals surface area (Å²) >= 11 is 1.43. The molecule has 4 heteroatoms. The van der Waals surface area contributed by atoms with Crippen LogP contribution in [0.4, 0.5) is 5.00 Å². The normalized spacial score (nSPS) is 14.2. The molecule has 1 aliphatic rings. The summed E-state index contributed by atoms with van der Waals surface area (Å²) in [4.78, 5) is 0. The molecule has 1 aromatic rings. The first kappa shape index (κ1) is 4.93. The number of anilines is 1. The molecule has 0 spiro atoms. The Kier molecular flexibility index (Phi) is 0.843. The smallest absolute Gasteiger partial charge is 0.231 e. The SMILES string of the molecule is Nc1scc2c1OCO2. The lowest BCUT2D eigenvalue weighted by Crippen LogP contribution is -1.94. The van der Waals surface area contributed by atoms with Crippen molar-refractivity contribution < 1.29 is 9.47 Å². The van der Waals surface area contributed by atoms with Crippen LogP contribution in [0.3, 0.4) is 0 Å². The first-order chi connectivity index (χ1) is 4.38. The summed E-state index contributed by atoms with van der Waals surface area (Å²) in [5.74, 6) is 1.48. The molecule has 48 valence electrons. The van der Waals surface area contributed by atoms with Crippen molar-refractivity contribution in [2.45, 2.75) is 0 Å². The largest absolute Gasteiger partial charge is 0.453 e. The summed E-state index contributed by atoms with van der Waals surface area (Å²) in [6.45, 7) is 0.308. The van der Waals surface area contributed by atoms with Crippen molar-refractivity contribution in [2.75, 3.05) is 12.5 Å². The van der Waals surface area contributed by atoms with E-state index in [-0.39, 0.29) is 0 Å². The molecule has 0 saturated heterocycles. The number of hydrogen-bond acceptors (Lipinski definition) is 4. The van der Waals surface area contributed by atoms with Gasteiger partial charge < -0.3 is 15.2 Å². The molecule has 3 nitrogen and oxygen atoms in total. The van der Waals surface area contributed by atoms with E-state index in [0.717, 1.165) is 5.75 Å². The Morgan fingerprint density at radius 2 is 2.44 bits per heavy atom. The topological polar surface area (TPSA) is 44.5 Å². The van der Waals surface area contributed by atoms with Gasteiger partial charge >= 0.3 is 0 Å². The van der Waals surface area contributed by atoms with Crippen molar-refractivity contribution in [1.82, 2.24) is 0 Å². The van der Waals surface area contributed by atoms with Crippen LogP contribution < -0.4 is 15.2 Å². The van der Waals surface area contributed by atoms with E-state index in [2.05, 4.69) is 0 Å². The molecule has 0 unspecified atom stereocenters. The van der Waals surface area contributed by atoms with E-state index in [9.17, 15) is 0 Å². The molecular formula is C5H5NO2S. The highest BCUT2D eigenvalue weighted by atomic mass is 32.1. The fraction of sp³-hybridized carbons (Fsp3) is 0.200. The molecule has 0 bridgehead atoms. The predicted octanol–water partition coefficient (Wildman–Crippen LogP) is 1.06. The van der Waals surface area contributed by atoms with Gasteiger partial charge in [0.15, 0.2) is 11.5 Å². The summed E-state index contributed by atoms with van der Waals surface area (Å²) < 4.78 is 10.1. The van der Waals surface area contributed by atoms with Crippen molar-refractivity contribution in [3.8, 4) is 11.5 Å². The van der Waals surface area contributed by atoms with Crippen LogP contribution >= 0.6 is 11.3 Å². The van der Waals surface area contributed by atoms with Crippen LogP contribution in [-0.4, -0.2) is 6.79 Å². The lowest BCUT2D eigenvalue weighted by molar-refractivity contribution is 0.174. The van der Waals surface area contributed by atoms with E-state index < -0.39 is 0 Å². The minimum Gasteiger partial charge on any atom is -0.453 e.